The molecule has 4 aliphatic heterocycles. The van der Waals surface area contributed by atoms with Gasteiger partial charge in [0.2, 0.25) is 0 Å². The number of benzene rings is 4. The number of ether oxygens (including phenoxy) is 2. The average Bonchev–Trinajstić information content (AvgIpc) is 3.72. The molecule has 1 spiro atoms. The van der Waals surface area contributed by atoms with Crippen molar-refractivity contribution in [2.75, 3.05) is 26.4 Å². The van der Waals surface area contributed by atoms with Gasteiger partial charge in [-0.2, -0.15) is 0 Å². The summed E-state index contributed by atoms with van der Waals surface area (Å²) in [5.74, 6) is -0.157. The summed E-state index contributed by atoms with van der Waals surface area (Å²) in [4.78, 5) is 27.2. The van der Waals surface area contributed by atoms with E-state index in [-0.39, 0.29) is 60.0 Å². The Balaban J connectivity index is 0.943. The summed E-state index contributed by atoms with van der Waals surface area (Å²) in [6.45, 7) is 32.3. The minimum Gasteiger partial charge on any atom is -0.425 e. The van der Waals surface area contributed by atoms with Gasteiger partial charge in [-0.15, -0.1) is 0 Å². The fourth-order valence-electron chi connectivity index (χ4n) is 9.25. The lowest BCUT2D eigenvalue weighted by Gasteiger charge is -2.41. The average molecular weight is 957 g/mol. The molecule has 2 unspecified atom stereocenters. The predicted molar refractivity (Wildman–Crippen MR) is 257 cm³/mol. The van der Waals surface area contributed by atoms with Gasteiger partial charge >= 0.3 is 27.6 Å². The maximum Gasteiger partial charge on any atom is 0.530 e. The Morgan fingerprint density at radius 2 is 0.776 bits per heavy atom. The van der Waals surface area contributed by atoms with Crippen molar-refractivity contribution in [2.24, 2.45) is 5.41 Å². The molecule has 4 aromatic carbocycles. The zero-order valence-corrected chi connectivity index (χ0v) is 43.7. The third-order valence-corrected chi connectivity index (χ3v) is 15.8. The molecule has 12 nitrogen and oxygen atoms in total. The molecule has 0 radical (unpaired) electrons. The molecule has 0 saturated carbocycles. The minimum absolute atomic E-state index is 0.128. The van der Waals surface area contributed by atoms with Crippen LogP contribution < -0.4 is 18.5 Å². The van der Waals surface area contributed by atoms with Crippen molar-refractivity contribution in [3.05, 3.63) is 115 Å². The number of phosphoric ester groups is 2. The molecule has 8 rings (SSSR count). The lowest BCUT2D eigenvalue weighted by Crippen LogP contribution is -2.46. The zero-order valence-electron chi connectivity index (χ0n) is 41.9. The van der Waals surface area contributed by atoms with E-state index in [4.69, 9.17) is 36.6 Å². The third kappa shape index (κ3) is 9.32. The second-order valence-electron chi connectivity index (χ2n) is 23.2. The van der Waals surface area contributed by atoms with E-state index in [9.17, 15) is 18.7 Å². The topological polar surface area (TPSA) is 142 Å². The van der Waals surface area contributed by atoms with Crippen LogP contribution in [0.3, 0.4) is 0 Å². The molecule has 2 saturated heterocycles. The van der Waals surface area contributed by atoms with Crippen LogP contribution >= 0.6 is 15.6 Å². The number of carbonyl (C=O) groups excluding carboxylic acids is 2. The van der Waals surface area contributed by atoms with Gasteiger partial charge in [0.1, 0.15) is 34.8 Å². The molecular weight excluding hydrogens is 891 g/mol. The van der Waals surface area contributed by atoms with Gasteiger partial charge in [-0.05, 0) is 93.9 Å². The molecule has 4 aliphatic rings. The van der Waals surface area contributed by atoms with Crippen molar-refractivity contribution >= 4 is 27.6 Å². The molecule has 0 N–H and O–H groups in total. The number of rotatable bonds is 6. The molecule has 360 valence electrons. The first-order valence-electron chi connectivity index (χ1n) is 23.0. The van der Waals surface area contributed by atoms with Crippen molar-refractivity contribution in [1.82, 2.24) is 0 Å². The van der Waals surface area contributed by atoms with Gasteiger partial charge in [0.05, 0.1) is 31.8 Å². The van der Waals surface area contributed by atoms with Crippen LogP contribution in [-0.2, 0) is 58.5 Å². The number of esters is 2. The molecule has 4 aromatic rings. The van der Waals surface area contributed by atoms with E-state index in [2.05, 4.69) is 107 Å². The van der Waals surface area contributed by atoms with Crippen LogP contribution in [0, 0.1) is 33.1 Å². The van der Waals surface area contributed by atoms with Gasteiger partial charge in [-0.25, -0.2) is 9.13 Å². The fourth-order valence-corrected chi connectivity index (χ4v) is 12.4. The van der Waals surface area contributed by atoms with E-state index in [1.165, 1.54) is 0 Å². The van der Waals surface area contributed by atoms with E-state index in [0.29, 0.717) is 45.3 Å². The van der Waals surface area contributed by atoms with Gasteiger partial charge in [-0.1, -0.05) is 132 Å². The fraction of sp³-hybridized carbons (Fsp3) is 0.509. The lowest BCUT2D eigenvalue weighted by atomic mass is 9.77. The van der Waals surface area contributed by atoms with Crippen molar-refractivity contribution in [3.8, 4) is 23.0 Å². The van der Waals surface area contributed by atoms with Gasteiger partial charge in [0.15, 0.2) is 0 Å². The summed E-state index contributed by atoms with van der Waals surface area (Å²) in [6.07, 6.45) is 0. The molecule has 14 heteroatoms. The lowest BCUT2D eigenvalue weighted by molar-refractivity contribution is -0.134. The van der Waals surface area contributed by atoms with Crippen LogP contribution in [0.1, 0.15) is 162 Å². The van der Waals surface area contributed by atoms with Crippen molar-refractivity contribution in [1.29, 1.82) is 0 Å². The quantitative estimate of drug-likeness (QED) is 0.103. The molecule has 67 heavy (non-hydrogen) atoms. The normalized spacial score (nSPS) is 25.4. The van der Waals surface area contributed by atoms with E-state index in [1.54, 1.807) is 0 Å². The third-order valence-electron chi connectivity index (χ3n) is 13.2. The maximum atomic E-state index is 14.0. The van der Waals surface area contributed by atoms with Crippen molar-refractivity contribution < 1.29 is 55.3 Å². The number of phosphoric acid groups is 2. The molecule has 0 aliphatic carbocycles. The standard InChI is InChI=1S/C53H66O12P2/c1-29-17-33(41-37-21-35(49(5,6)7)23-39(51(11,12)13)45(37)62-47(41)54)18-30(2)43(29)64-66(56)58-25-53(26-59-66)27-60-67(57,61-28-53)65-44-31(3)19-34(20-32(44)4)42-38-22-36(50(8,9)10)24-40(52(14,15)16)46(38)63-48(42)55/h17-24,41-42H,25-28H2,1-16H3. The van der Waals surface area contributed by atoms with Crippen LogP contribution in [0.4, 0.5) is 0 Å². The van der Waals surface area contributed by atoms with Crippen LogP contribution in [-0.4, -0.2) is 38.4 Å². The Hall–Kier alpha value is -4.28. The molecule has 0 bridgehead atoms. The van der Waals surface area contributed by atoms with Gasteiger partial charge in [-0.3, -0.25) is 27.7 Å². The predicted octanol–water partition coefficient (Wildman–Crippen LogP) is 13.0. The number of hydrogen-bond acceptors (Lipinski definition) is 12. The van der Waals surface area contributed by atoms with E-state index >= 15 is 0 Å². The number of fused-ring (bicyclic) bond motifs is 2. The summed E-state index contributed by atoms with van der Waals surface area (Å²) in [6, 6.07) is 15.9. The van der Waals surface area contributed by atoms with E-state index < -0.39 is 32.9 Å². The van der Waals surface area contributed by atoms with Gasteiger partial charge in [0, 0.05) is 22.3 Å². The van der Waals surface area contributed by atoms with Crippen molar-refractivity contribution in [3.63, 3.8) is 0 Å². The second kappa shape index (κ2) is 16.4. The van der Waals surface area contributed by atoms with E-state index in [0.717, 1.165) is 44.5 Å². The summed E-state index contributed by atoms with van der Waals surface area (Å²) < 4.78 is 75.4. The SMILES string of the molecule is Cc1cc(C2C(=O)Oc3c2cc(C(C)(C)C)cc3C(C)(C)C)cc(C)c1OP1(=O)OCC2(CO1)COP(=O)(Oc1c(C)cc(C3C(=O)Oc4c3cc(C(C)(C)C)cc4C(C)(C)C)cc1C)OC2. The Labute approximate surface area is 395 Å². The van der Waals surface area contributed by atoms with Crippen LogP contribution in [0.15, 0.2) is 48.5 Å². The Kier molecular flexibility index (Phi) is 12.0. The highest BCUT2D eigenvalue weighted by Crippen LogP contribution is 2.61. The number of aryl methyl sites for hydroxylation is 4. The highest BCUT2D eigenvalue weighted by molar-refractivity contribution is 7.49. The summed E-state index contributed by atoms with van der Waals surface area (Å²) in [7, 11) is -8.27. The summed E-state index contributed by atoms with van der Waals surface area (Å²) in [5.41, 5.74) is 8.07. The monoisotopic (exact) mass is 956 g/mol. The van der Waals surface area contributed by atoms with Gasteiger partial charge < -0.3 is 18.5 Å². The minimum atomic E-state index is -4.14. The van der Waals surface area contributed by atoms with Crippen LogP contribution in [0.2, 0.25) is 0 Å². The largest absolute Gasteiger partial charge is 0.530 e. The zero-order chi connectivity index (χ0) is 49.2. The first kappa shape index (κ1) is 49.2. The first-order valence-corrected chi connectivity index (χ1v) is 25.9. The number of hydrogen-bond donors (Lipinski definition) is 0. The first-order chi connectivity index (χ1) is 30.8. The van der Waals surface area contributed by atoms with E-state index in [1.807, 2.05) is 52.0 Å². The Bertz CT molecular complexity index is 2550. The molecule has 4 heterocycles. The van der Waals surface area contributed by atoms with Crippen LogP contribution in [0.5, 0.6) is 23.0 Å². The molecular formula is C53H66O12P2. The van der Waals surface area contributed by atoms with Crippen LogP contribution in [0.25, 0.3) is 0 Å². The molecule has 2 atom stereocenters. The molecule has 2 fully saturated rings. The van der Waals surface area contributed by atoms with Crippen molar-refractivity contribution in [2.45, 2.75) is 144 Å². The Morgan fingerprint density at radius 3 is 1.04 bits per heavy atom. The van der Waals surface area contributed by atoms with Gasteiger partial charge in [0.25, 0.3) is 0 Å². The second-order valence-corrected chi connectivity index (χ2v) is 26.4. The highest BCUT2D eigenvalue weighted by Gasteiger charge is 2.52. The highest BCUT2D eigenvalue weighted by atomic mass is 31.2. The summed E-state index contributed by atoms with van der Waals surface area (Å²) in [5, 5.41) is 0. The molecule has 0 amide bonds. The smallest absolute Gasteiger partial charge is 0.425 e. The summed E-state index contributed by atoms with van der Waals surface area (Å²) >= 11 is 0. The Morgan fingerprint density at radius 1 is 0.478 bits per heavy atom. The number of carbonyl (C=O) groups is 2. The molecule has 0 aromatic heterocycles. The maximum absolute atomic E-state index is 14.0.